The number of aryl methyl sites for hydroxylation is 1. The van der Waals surface area contributed by atoms with Crippen molar-refractivity contribution in [1.82, 2.24) is 15.4 Å². The van der Waals surface area contributed by atoms with E-state index in [0.29, 0.717) is 35.0 Å². The highest BCUT2D eigenvalue weighted by Gasteiger charge is 2.14. The van der Waals surface area contributed by atoms with Crippen LogP contribution in [0.15, 0.2) is 73.1 Å². The Labute approximate surface area is 184 Å². The number of rotatable bonds is 6. The molecule has 32 heavy (non-hydrogen) atoms. The minimum Gasteiger partial charge on any atom is -0.469 e. The summed E-state index contributed by atoms with van der Waals surface area (Å²) in [6.07, 6.45) is 4.15. The first-order valence-corrected chi connectivity index (χ1v) is 10.0. The number of ether oxygens (including phenoxy) is 1. The molecule has 2 heterocycles. The number of hydroxylamine groups is 1. The van der Waals surface area contributed by atoms with Gasteiger partial charge in [-0.3, -0.25) is 19.8 Å². The summed E-state index contributed by atoms with van der Waals surface area (Å²) in [7, 11) is 1.39. The van der Waals surface area contributed by atoms with Crippen molar-refractivity contribution in [1.29, 1.82) is 0 Å². The fraction of sp³-hybridized carbons (Fsp3) is 0.120. The molecular formula is C25H21N3O4. The van der Waals surface area contributed by atoms with E-state index in [4.69, 9.17) is 5.21 Å². The number of benzene rings is 2. The van der Waals surface area contributed by atoms with E-state index in [0.717, 1.165) is 22.3 Å². The lowest BCUT2D eigenvalue weighted by molar-refractivity contribution is -0.140. The third kappa shape index (κ3) is 4.48. The van der Waals surface area contributed by atoms with Crippen LogP contribution in [0.3, 0.4) is 0 Å². The summed E-state index contributed by atoms with van der Waals surface area (Å²) in [4.78, 5) is 32.1. The number of nitrogens with one attached hydrogen (secondary N) is 1. The molecule has 2 aromatic carbocycles. The first-order chi connectivity index (χ1) is 15.6. The number of hydrogen-bond donors (Lipinski definition) is 2. The Bertz CT molecular complexity index is 1270. The fourth-order valence-electron chi connectivity index (χ4n) is 3.51. The number of esters is 1. The molecule has 7 nitrogen and oxygen atoms in total. The minimum absolute atomic E-state index is 0.220. The molecule has 0 aliphatic rings. The second-order valence-corrected chi connectivity index (χ2v) is 7.24. The molecule has 0 radical (unpaired) electrons. The van der Waals surface area contributed by atoms with Crippen LogP contribution in [0.1, 0.15) is 22.3 Å². The molecule has 1 amide bonds. The molecule has 2 aromatic heterocycles. The summed E-state index contributed by atoms with van der Waals surface area (Å²) in [6.45, 7) is 0. The van der Waals surface area contributed by atoms with Gasteiger partial charge in [-0.25, -0.2) is 10.5 Å². The molecule has 0 bridgehead atoms. The number of fused-ring (bicyclic) bond motifs is 1. The van der Waals surface area contributed by atoms with Crippen LogP contribution in [0.25, 0.3) is 33.3 Å². The van der Waals surface area contributed by atoms with Crippen molar-refractivity contribution in [3.8, 4) is 22.4 Å². The van der Waals surface area contributed by atoms with E-state index in [1.54, 1.807) is 30.0 Å². The summed E-state index contributed by atoms with van der Waals surface area (Å²) in [5.41, 5.74) is 7.21. The first-order valence-electron chi connectivity index (χ1n) is 10.0. The van der Waals surface area contributed by atoms with Gasteiger partial charge in [-0.2, -0.15) is 0 Å². The van der Waals surface area contributed by atoms with Crippen molar-refractivity contribution in [2.24, 2.45) is 0 Å². The Kier molecular flexibility index (Phi) is 6.19. The van der Waals surface area contributed by atoms with Crippen LogP contribution in [0.5, 0.6) is 0 Å². The predicted molar refractivity (Wildman–Crippen MR) is 120 cm³/mol. The monoisotopic (exact) mass is 427 g/mol. The maximum Gasteiger partial charge on any atom is 0.305 e. The highest BCUT2D eigenvalue weighted by Crippen LogP contribution is 2.27. The van der Waals surface area contributed by atoms with Gasteiger partial charge in [0.25, 0.3) is 5.91 Å². The van der Waals surface area contributed by atoms with Crippen molar-refractivity contribution in [2.45, 2.75) is 12.8 Å². The zero-order valence-corrected chi connectivity index (χ0v) is 17.4. The number of pyridine rings is 2. The topological polar surface area (TPSA) is 101 Å². The van der Waals surface area contributed by atoms with Gasteiger partial charge in [0, 0.05) is 29.8 Å². The van der Waals surface area contributed by atoms with Gasteiger partial charge in [-0.05, 0) is 35.2 Å². The quantitative estimate of drug-likeness (QED) is 0.272. The molecule has 0 aliphatic heterocycles. The molecule has 4 aromatic rings. The number of aromatic nitrogens is 2. The highest BCUT2D eigenvalue weighted by atomic mass is 16.5. The van der Waals surface area contributed by atoms with E-state index in [-0.39, 0.29) is 5.97 Å². The average Bonchev–Trinajstić information content (AvgIpc) is 2.86. The second kappa shape index (κ2) is 9.36. The van der Waals surface area contributed by atoms with E-state index >= 15 is 0 Å². The zero-order chi connectivity index (χ0) is 22.5. The molecule has 0 unspecified atom stereocenters. The third-order valence-electron chi connectivity index (χ3n) is 5.27. The van der Waals surface area contributed by atoms with Crippen LogP contribution in [-0.4, -0.2) is 34.2 Å². The van der Waals surface area contributed by atoms with E-state index in [9.17, 15) is 9.59 Å². The minimum atomic E-state index is -0.615. The summed E-state index contributed by atoms with van der Waals surface area (Å²) in [5, 5.41) is 9.66. The van der Waals surface area contributed by atoms with Crippen LogP contribution < -0.4 is 5.48 Å². The van der Waals surface area contributed by atoms with Gasteiger partial charge in [0.2, 0.25) is 0 Å². The number of amides is 1. The molecule has 0 saturated carbocycles. The van der Waals surface area contributed by atoms with Crippen LogP contribution in [0.4, 0.5) is 0 Å². The van der Waals surface area contributed by atoms with Crippen LogP contribution in [0, 0.1) is 0 Å². The lowest BCUT2D eigenvalue weighted by atomic mass is 9.99. The number of methoxy groups -OCH3 is 1. The first kappa shape index (κ1) is 21.1. The van der Waals surface area contributed by atoms with Crippen LogP contribution in [0.2, 0.25) is 0 Å². The van der Waals surface area contributed by atoms with Gasteiger partial charge in [-0.15, -0.1) is 0 Å². The molecule has 0 aliphatic carbocycles. The normalized spacial score (nSPS) is 10.7. The van der Waals surface area contributed by atoms with Gasteiger partial charge in [0.1, 0.15) is 0 Å². The predicted octanol–water partition coefficient (Wildman–Crippen LogP) is 4.19. The molecule has 4 rings (SSSR count). The van der Waals surface area contributed by atoms with Gasteiger partial charge < -0.3 is 4.74 Å². The Balaban J connectivity index is 1.59. The molecule has 7 heteroatoms. The third-order valence-corrected chi connectivity index (χ3v) is 5.27. The van der Waals surface area contributed by atoms with Crippen LogP contribution >= 0.6 is 0 Å². The average molecular weight is 427 g/mol. The van der Waals surface area contributed by atoms with E-state index in [1.165, 1.54) is 7.11 Å². The molecule has 0 saturated heterocycles. The van der Waals surface area contributed by atoms with Crippen molar-refractivity contribution in [2.75, 3.05) is 7.11 Å². The fourth-order valence-corrected chi connectivity index (χ4v) is 3.51. The van der Waals surface area contributed by atoms with Gasteiger partial charge in [-0.1, -0.05) is 48.5 Å². The molecular weight excluding hydrogens is 406 g/mol. The summed E-state index contributed by atoms with van der Waals surface area (Å²) >= 11 is 0. The SMILES string of the molecule is COC(=O)CCc1ccc(-c2ccc(-c3cc(C(=O)NO)c4cnccc4n3)cc2)cc1. The number of nitrogens with zero attached hydrogens (tertiary/aromatic N) is 2. The largest absolute Gasteiger partial charge is 0.469 e. The summed E-state index contributed by atoms with van der Waals surface area (Å²) < 4.78 is 4.68. The van der Waals surface area contributed by atoms with Gasteiger partial charge in [0.15, 0.2) is 0 Å². The lowest BCUT2D eigenvalue weighted by Crippen LogP contribution is -2.19. The van der Waals surface area contributed by atoms with Crippen molar-refractivity contribution in [3.05, 3.63) is 84.2 Å². The van der Waals surface area contributed by atoms with Gasteiger partial charge >= 0.3 is 5.97 Å². The van der Waals surface area contributed by atoms with Crippen LogP contribution in [-0.2, 0) is 16.0 Å². The second-order valence-electron chi connectivity index (χ2n) is 7.24. The molecule has 160 valence electrons. The Hall–Kier alpha value is -4.10. The van der Waals surface area contributed by atoms with E-state index < -0.39 is 5.91 Å². The Morgan fingerprint density at radius 3 is 2.28 bits per heavy atom. The van der Waals surface area contributed by atoms with Crippen molar-refractivity contribution in [3.63, 3.8) is 0 Å². The highest BCUT2D eigenvalue weighted by molar-refractivity contribution is 6.06. The van der Waals surface area contributed by atoms with Gasteiger partial charge in [0.05, 0.1) is 23.9 Å². The Morgan fingerprint density at radius 1 is 0.969 bits per heavy atom. The lowest BCUT2D eigenvalue weighted by Gasteiger charge is -2.09. The number of hydrogen-bond acceptors (Lipinski definition) is 6. The number of carbonyl (C=O) groups is 2. The van der Waals surface area contributed by atoms with E-state index in [1.807, 2.05) is 48.5 Å². The van der Waals surface area contributed by atoms with Crippen molar-refractivity contribution >= 4 is 22.8 Å². The van der Waals surface area contributed by atoms with Crippen molar-refractivity contribution < 1.29 is 19.5 Å². The smallest absolute Gasteiger partial charge is 0.305 e. The maximum absolute atomic E-state index is 12.1. The van der Waals surface area contributed by atoms with E-state index in [2.05, 4.69) is 14.7 Å². The Morgan fingerprint density at radius 2 is 1.62 bits per heavy atom. The molecule has 0 atom stereocenters. The molecule has 0 fully saturated rings. The zero-order valence-electron chi connectivity index (χ0n) is 17.4. The maximum atomic E-state index is 12.1. The summed E-state index contributed by atoms with van der Waals surface area (Å²) in [6, 6.07) is 19.3. The summed E-state index contributed by atoms with van der Waals surface area (Å²) in [5.74, 6) is -0.835. The standard InChI is InChI=1S/C25H21N3O4/c1-32-24(29)11-4-16-2-5-17(6-3-16)18-7-9-19(10-8-18)23-14-20(25(30)28-31)21-15-26-13-12-22(21)27-23/h2-3,5-10,12-15,31H,4,11H2,1H3,(H,28,30). The molecule has 2 N–H and O–H groups in total. The number of carbonyl (C=O) groups excluding carboxylic acids is 2. The molecule has 0 spiro atoms.